The first-order valence-corrected chi connectivity index (χ1v) is 8.00. The van der Waals surface area contributed by atoms with Crippen LogP contribution in [0.5, 0.6) is 0 Å². The molecule has 0 unspecified atom stereocenters. The summed E-state index contributed by atoms with van der Waals surface area (Å²) in [6.07, 6.45) is 4.55. The molecule has 116 valence electrons. The van der Waals surface area contributed by atoms with Crippen molar-refractivity contribution in [2.75, 3.05) is 13.1 Å². The predicted octanol–water partition coefficient (Wildman–Crippen LogP) is 1.33. The molecule has 0 saturated heterocycles. The van der Waals surface area contributed by atoms with E-state index in [-0.39, 0.29) is 18.0 Å². The van der Waals surface area contributed by atoms with Crippen LogP contribution < -0.4 is 0 Å². The summed E-state index contributed by atoms with van der Waals surface area (Å²) in [7, 11) is -3.60. The topological polar surface area (TPSA) is 81.0 Å². The summed E-state index contributed by atoms with van der Waals surface area (Å²) < 4.78 is 28.1. The Balaban J connectivity index is 2.42. The Hall–Kier alpha value is -2.32. The van der Waals surface area contributed by atoms with E-state index in [0.717, 1.165) is 11.3 Å². The molecule has 0 aliphatic rings. The molecular weight excluding hydrogens is 302 g/mol. The molecule has 0 bridgehead atoms. The summed E-state index contributed by atoms with van der Waals surface area (Å²) in [6.45, 7) is 9.43. The van der Waals surface area contributed by atoms with Gasteiger partial charge in [0.25, 0.3) is 0 Å². The van der Waals surface area contributed by atoms with Gasteiger partial charge >= 0.3 is 0 Å². The van der Waals surface area contributed by atoms with Gasteiger partial charge in [0.1, 0.15) is 6.33 Å². The average Bonchev–Trinajstić information content (AvgIpc) is 3.01. The van der Waals surface area contributed by atoms with Crippen LogP contribution in [0, 0.1) is 6.92 Å². The molecular formula is C14H17N5O2S. The Kier molecular flexibility index (Phi) is 4.84. The number of hydrogen-bond acceptors (Lipinski definition) is 5. The van der Waals surface area contributed by atoms with E-state index in [9.17, 15) is 8.42 Å². The van der Waals surface area contributed by atoms with E-state index in [1.807, 2.05) is 0 Å². The monoisotopic (exact) mass is 319 g/mol. The molecule has 0 aliphatic heterocycles. The summed E-state index contributed by atoms with van der Waals surface area (Å²) in [5.41, 5.74) is 1.48. The molecule has 2 rings (SSSR count). The number of rotatable bonds is 7. The number of sulfonamides is 1. The maximum Gasteiger partial charge on any atom is 0.243 e. The second-order valence-electron chi connectivity index (χ2n) is 4.60. The van der Waals surface area contributed by atoms with Gasteiger partial charge in [-0.1, -0.05) is 12.2 Å². The average molecular weight is 319 g/mol. The third kappa shape index (κ3) is 3.12. The molecule has 0 atom stereocenters. The minimum atomic E-state index is -3.60. The standard InChI is InChI=1S/C14H17N5O2S/c1-4-8-18(9-5-2)22(20,21)13-6-7-14(12(3)10-13)19-11-15-16-17-19/h4-7,10-11H,1-2,8-9H2,3H3. The van der Waals surface area contributed by atoms with E-state index in [4.69, 9.17) is 0 Å². The van der Waals surface area contributed by atoms with Crippen molar-refractivity contribution in [3.8, 4) is 5.69 Å². The van der Waals surface area contributed by atoms with Crippen LogP contribution in [-0.2, 0) is 10.0 Å². The highest BCUT2D eigenvalue weighted by Gasteiger charge is 2.23. The molecule has 0 radical (unpaired) electrons. The van der Waals surface area contributed by atoms with Gasteiger partial charge in [0.2, 0.25) is 10.0 Å². The van der Waals surface area contributed by atoms with Crippen molar-refractivity contribution in [1.82, 2.24) is 24.5 Å². The summed E-state index contributed by atoms with van der Waals surface area (Å²) in [5, 5.41) is 10.9. The fourth-order valence-corrected chi connectivity index (χ4v) is 3.49. The van der Waals surface area contributed by atoms with Crippen molar-refractivity contribution in [2.24, 2.45) is 0 Å². The van der Waals surface area contributed by atoms with Crippen LogP contribution in [0.3, 0.4) is 0 Å². The van der Waals surface area contributed by atoms with Crippen LogP contribution in [-0.4, -0.2) is 46.0 Å². The van der Waals surface area contributed by atoms with E-state index in [1.54, 1.807) is 37.3 Å². The maximum atomic E-state index is 12.6. The fraction of sp³-hybridized carbons (Fsp3) is 0.214. The van der Waals surface area contributed by atoms with Gasteiger partial charge in [-0.15, -0.1) is 18.3 Å². The summed E-state index contributed by atoms with van der Waals surface area (Å²) in [5.74, 6) is 0. The van der Waals surface area contributed by atoms with Crippen molar-refractivity contribution in [1.29, 1.82) is 0 Å². The highest BCUT2D eigenvalue weighted by molar-refractivity contribution is 7.89. The van der Waals surface area contributed by atoms with Gasteiger partial charge < -0.3 is 0 Å². The molecule has 0 amide bonds. The Morgan fingerprint density at radius 1 is 1.27 bits per heavy atom. The lowest BCUT2D eigenvalue weighted by Gasteiger charge is -2.19. The minimum absolute atomic E-state index is 0.213. The van der Waals surface area contributed by atoms with E-state index < -0.39 is 10.0 Å². The van der Waals surface area contributed by atoms with Gasteiger partial charge in [-0.25, -0.2) is 13.1 Å². The van der Waals surface area contributed by atoms with Crippen molar-refractivity contribution >= 4 is 10.0 Å². The zero-order valence-corrected chi connectivity index (χ0v) is 13.1. The number of hydrogen-bond donors (Lipinski definition) is 0. The zero-order valence-electron chi connectivity index (χ0n) is 12.3. The Morgan fingerprint density at radius 2 is 1.95 bits per heavy atom. The molecule has 8 heteroatoms. The van der Waals surface area contributed by atoms with Crippen LogP contribution in [0.2, 0.25) is 0 Å². The van der Waals surface area contributed by atoms with E-state index >= 15 is 0 Å². The van der Waals surface area contributed by atoms with Gasteiger partial charge in [-0.3, -0.25) is 0 Å². The van der Waals surface area contributed by atoms with Gasteiger partial charge in [0, 0.05) is 13.1 Å². The molecule has 1 aromatic carbocycles. The first-order chi connectivity index (χ1) is 10.5. The first-order valence-electron chi connectivity index (χ1n) is 6.56. The van der Waals surface area contributed by atoms with Crippen LogP contribution in [0.25, 0.3) is 5.69 Å². The largest absolute Gasteiger partial charge is 0.243 e. The number of aromatic nitrogens is 4. The summed E-state index contributed by atoms with van der Waals surface area (Å²) in [4.78, 5) is 0.213. The summed E-state index contributed by atoms with van der Waals surface area (Å²) >= 11 is 0. The second-order valence-corrected chi connectivity index (χ2v) is 6.54. The Bertz CT molecular complexity index is 759. The van der Waals surface area contributed by atoms with Gasteiger partial charge in [-0.2, -0.15) is 4.31 Å². The molecule has 1 heterocycles. The smallest absolute Gasteiger partial charge is 0.207 e. The highest BCUT2D eigenvalue weighted by atomic mass is 32.2. The third-order valence-corrected chi connectivity index (χ3v) is 4.89. The second kappa shape index (κ2) is 6.63. The lowest BCUT2D eigenvalue weighted by molar-refractivity contribution is 0.474. The molecule has 2 aromatic rings. The van der Waals surface area contributed by atoms with Crippen LogP contribution in [0.4, 0.5) is 0 Å². The molecule has 0 spiro atoms. The molecule has 7 nitrogen and oxygen atoms in total. The van der Waals surface area contributed by atoms with Crippen molar-refractivity contribution in [3.05, 3.63) is 55.4 Å². The Labute approximate surface area is 129 Å². The zero-order chi connectivity index (χ0) is 16.2. The normalized spacial score (nSPS) is 11.5. The molecule has 0 N–H and O–H groups in total. The van der Waals surface area contributed by atoms with E-state index in [1.165, 1.54) is 15.3 Å². The van der Waals surface area contributed by atoms with Gasteiger partial charge in [0.05, 0.1) is 10.6 Å². The lowest BCUT2D eigenvalue weighted by Crippen LogP contribution is -2.31. The van der Waals surface area contributed by atoms with E-state index in [2.05, 4.69) is 28.7 Å². The minimum Gasteiger partial charge on any atom is -0.207 e. The molecule has 0 saturated carbocycles. The summed E-state index contributed by atoms with van der Waals surface area (Å²) in [6, 6.07) is 4.82. The van der Waals surface area contributed by atoms with Crippen LogP contribution in [0.1, 0.15) is 5.56 Å². The molecule has 1 aromatic heterocycles. The molecule has 22 heavy (non-hydrogen) atoms. The van der Waals surface area contributed by atoms with Crippen LogP contribution >= 0.6 is 0 Å². The first kappa shape index (κ1) is 16.1. The molecule has 0 aliphatic carbocycles. The number of aryl methyl sites for hydroxylation is 1. The third-order valence-electron chi connectivity index (χ3n) is 3.07. The predicted molar refractivity (Wildman–Crippen MR) is 83.0 cm³/mol. The van der Waals surface area contributed by atoms with Crippen LogP contribution in [0.15, 0.2) is 54.7 Å². The number of nitrogens with zero attached hydrogens (tertiary/aromatic N) is 5. The quantitative estimate of drug-likeness (QED) is 0.719. The fourth-order valence-electron chi connectivity index (χ4n) is 2.02. The van der Waals surface area contributed by atoms with Gasteiger partial charge in [-0.05, 0) is 41.1 Å². The molecule has 0 fully saturated rings. The van der Waals surface area contributed by atoms with Gasteiger partial charge in [0.15, 0.2) is 0 Å². The SMILES string of the molecule is C=CCN(CC=C)S(=O)(=O)c1ccc(-n2cnnn2)c(C)c1. The number of tetrazole rings is 1. The van der Waals surface area contributed by atoms with Crippen molar-refractivity contribution < 1.29 is 8.42 Å². The maximum absolute atomic E-state index is 12.6. The van der Waals surface area contributed by atoms with Crippen molar-refractivity contribution in [3.63, 3.8) is 0 Å². The lowest BCUT2D eigenvalue weighted by atomic mass is 10.2. The van der Waals surface area contributed by atoms with Crippen molar-refractivity contribution in [2.45, 2.75) is 11.8 Å². The Morgan fingerprint density at radius 3 is 2.45 bits per heavy atom. The highest BCUT2D eigenvalue weighted by Crippen LogP contribution is 2.21. The van der Waals surface area contributed by atoms with E-state index in [0.29, 0.717) is 0 Å². The number of benzene rings is 1.